The van der Waals surface area contributed by atoms with Crippen LogP contribution >= 0.6 is 0 Å². The molecule has 0 spiro atoms. The summed E-state index contributed by atoms with van der Waals surface area (Å²) in [5, 5.41) is 0.579. The molecule has 0 saturated heterocycles. The van der Waals surface area contributed by atoms with E-state index < -0.39 is 0 Å². The third kappa shape index (κ3) is 4.71. The van der Waals surface area contributed by atoms with Gasteiger partial charge in [-0.3, -0.25) is 14.2 Å². The molecule has 0 N–H and O–H groups in total. The van der Waals surface area contributed by atoms with Gasteiger partial charge in [0.15, 0.2) is 0 Å². The maximum atomic E-state index is 13.7. The molecule has 1 unspecified atom stereocenters. The molecular weight excluding hydrogens is 386 g/mol. The third-order valence-electron chi connectivity index (χ3n) is 5.82. The van der Waals surface area contributed by atoms with Crippen LogP contribution in [-0.2, 0) is 4.79 Å². The van der Waals surface area contributed by atoms with E-state index in [1.54, 1.807) is 4.57 Å². The van der Waals surface area contributed by atoms with E-state index in [9.17, 15) is 9.59 Å². The van der Waals surface area contributed by atoms with Crippen molar-refractivity contribution < 1.29 is 4.79 Å². The number of para-hydroxylation sites is 1. The summed E-state index contributed by atoms with van der Waals surface area (Å²) in [6, 6.07) is 13.2. The summed E-state index contributed by atoms with van der Waals surface area (Å²) in [4.78, 5) is 33.3. The molecule has 3 aromatic rings. The third-order valence-corrected chi connectivity index (χ3v) is 5.82. The lowest BCUT2D eigenvalue weighted by molar-refractivity contribution is -0.133. The van der Waals surface area contributed by atoms with Crippen molar-refractivity contribution in [3.63, 3.8) is 0 Å². The van der Waals surface area contributed by atoms with Crippen molar-refractivity contribution >= 4 is 16.8 Å². The first-order valence-electron chi connectivity index (χ1n) is 11.1. The van der Waals surface area contributed by atoms with Gasteiger partial charge in [0.1, 0.15) is 5.82 Å². The highest BCUT2D eigenvalue weighted by molar-refractivity contribution is 5.79. The zero-order valence-electron chi connectivity index (χ0n) is 19.5. The number of hydrogen-bond acceptors (Lipinski definition) is 3. The van der Waals surface area contributed by atoms with Gasteiger partial charge in [-0.1, -0.05) is 45.0 Å². The standard InChI is InChI=1S/C26H33N3O2/c1-7-24(30)28(15-14-17(2)3)20(6)25-27-22-11-9-8-10-21(22)26(31)29(25)23-16-18(4)12-13-19(23)5/h8-13,16-17,20H,7,14-15H2,1-6H3. The van der Waals surface area contributed by atoms with Crippen LogP contribution in [0.2, 0.25) is 0 Å². The number of fused-ring (bicyclic) bond motifs is 1. The number of aryl methyl sites for hydroxylation is 2. The van der Waals surface area contributed by atoms with E-state index in [4.69, 9.17) is 4.98 Å². The van der Waals surface area contributed by atoms with E-state index in [1.165, 1.54) is 0 Å². The lowest BCUT2D eigenvalue weighted by Gasteiger charge is -2.31. The molecule has 5 heteroatoms. The number of benzene rings is 2. The van der Waals surface area contributed by atoms with Gasteiger partial charge < -0.3 is 4.90 Å². The largest absolute Gasteiger partial charge is 0.333 e. The summed E-state index contributed by atoms with van der Waals surface area (Å²) >= 11 is 0. The fourth-order valence-corrected chi connectivity index (χ4v) is 3.90. The number of aromatic nitrogens is 2. The number of amides is 1. The van der Waals surface area contributed by atoms with E-state index in [0.717, 1.165) is 23.2 Å². The second-order valence-corrected chi connectivity index (χ2v) is 8.72. The minimum Gasteiger partial charge on any atom is -0.333 e. The van der Waals surface area contributed by atoms with Crippen LogP contribution in [0.3, 0.4) is 0 Å². The van der Waals surface area contributed by atoms with Crippen molar-refractivity contribution in [3.05, 3.63) is 69.8 Å². The number of hydrogen-bond donors (Lipinski definition) is 0. The smallest absolute Gasteiger partial charge is 0.266 e. The van der Waals surface area contributed by atoms with Crippen molar-refractivity contribution in [1.29, 1.82) is 0 Å². The number of carbonyl (C=O) groups is 1. The molecule has 1 atom stereocenters. The van der Waals surface area contributed by atoms with Crippen LogP contribution in [0, 0.1) is 19.8 Å². The van der Waals surface area contributed by atoms with E-state index in [1.807, 2.05) is 75.1 Å². The summed E-state index contributed by atoms with van der Waals surface area (Å²) < 4.78 is 1.71. The molecule has 0 aliphatic carbocycles. The van der Waals surface area contributed by atoms with Crippen molar-refractivity contribution in [2.45, 2.75) is 60.4 Å². The Kier molecular flexibility index (Phi) is 6.94. The molecule has 1 amide bonds. The van der Waals surface area contributed by atoms with Crippen molar-refractivity contribution in [2.75, 3.05) is 6.54 Å². The molecule has 2 aromatic carbocycles. The summed E-state index contributed by atoms with van der Waals surface area (Å²) in [5.74, 6) is 1.15. The molecule has 1 aromatic heterocycles. The number of nitrogens with zero attached hydrogens (tertiary/aromatic N) is 3. The Balaban J connectivity index is 2.28. The van der Waals surface area contributed by atoms with E-state index >= 15 is 0 Å². The van der Waals surface area contributed by atoms with Crippen molar-refractivity contribution in [2.24, 2.45) is 5.92 Å². The molecule has 0 aliphatic heterocycles. The van der Waals surface area contributed by atoms with Crippen LogP contribution in [-0.4, -0.2) is 26.9 Å². The molecule has 5 nitrogen and oxygen atoms in total. The average molecular weight is 420 g/mol. The van der Waals surface area contributed by atoms with Gasteiger partial charge in [0.25, 0.3) is 5.56 Å². The van der Waals surface area contributed by atoms with Gasteiger partial charge in [0.2, 0.25) is 5.91 Å². The van der Waals surface area contributed by atoms with Crippen LogP contribution in [0.4, 0.5) is 0 Å². The van der Waals surface area contributed by atoms with Crippen LogP contribution < -0.4 is 5.56 Å². The van der Waals surface area contributed by atoms with Gasteiger partial charge in [-0.25, -0.2) is 4.98 Å². The Morgan fingerprint density at radius 1 is 1.10 bits per heavy atom. The highest BCUT2D eigenvalue weighted by atomic mass is 16.2. The molecule has 3 rings (SSSR count). The normalized spacial score (nSPS) is 12.4. The minimum atomic E-state index is -0.330. The molecule has 0 fully saturated rings. The predicted molar refractivity (Wildman–Crippen MR) is 127 cm³/mol. The summed E-state index contributed by atoms with van der Waals surface area (Å²) in [7, 11) is 0. The predicted octanol–water partition coefficient (Wildman–Crippen LogP) is 5.35. The fraction of sp³-hybridized carbons (Fsp3) is 0.423. The minimum absolute atomic E-state index is 0.0723. The van der Waals surface area contributed by atoms with E-state index in [2.05, 4.69) is 13.8 Å². The highest BCUT2D eigenvalue weighted by Gasteiger charge is 2.26. The first-order chi connectivity index (χ1) is 14.7. The number of rotatable bonds is 7. The van der Waals surface area contributed by atoms with Crippen LogP contribution in [0.1, 0.15) is 63.5 Å². The lowest BCUT2D eigenvalue weighted by atomic mass is 10.1. The van der Waals surface area contributed by atoms with Crippen molar-refractivity contribution in [3.8, 4) is 5.69 Å². The summed E-state index contributed by atoms with van der Waals surface area (Å²) in [5.41, 5.74) is 3.43. The molecule has 0 saturated carbocycles. The first-order valence-corrected chi connectivity index (χ1v) is 11.1. The zero-order valence-corrected chi connectivity index (χ0v) is 19.5. The lowest BCUT2D eigenvalue weighted by Crippen LogP contribution is -2.38. The van der Waals surface area contributed by atoms with Crippen LogP contribution in [0.25, 0.3) is 16.6 Å². The molecule has 164 valence electrons. The maximum Gasteiger partial charge on any atom is 0.266 e. The summed E-state index contributed by atoms with van der Waals surface area (Å²) in [6.45, 7) is 12.8. The quantitative estimate of drug-likeness (QED) is 0.519. The van der Waals surface area contributed by atoms with Gasteiger partial charge in [-0.05, 0) is 62.4 Å². The molecule has 1 heterocycles. The van der Waals surface area contributed by atoms with Gasteiger partial charge in [0.05, 0.1) is 22.6 Å². The van der Waals surface area contributed by atoms with E-state index in [0.29, 0.717) is 35.6 Å². The first kappa shape index (κ1) is 22.7. The molecule has 0 aliphatic rings. The Morgan fingerprint density at radius 3 is 2.48 bits per heavy atom. The molecule has 31 heavy (non-hydrogen) atoms. The summed E-state index contributed by atoms with van der Waals surface area (Å²) in [6.07, 6.45) is 1.32. The molecule has 0 radical (unpaired) electrons. The fourth-order valence-electron chi connectivity index (χ4n) is 3.90. The van der Waals surface area contributed by atoms with Crippen LogP contribution in [0.5, 0.6) is 0 Å². The Labute approximate surface area is 184 Å². The highest BCUT2D eigenvalue weighted by Crippen LogP contribution is 2.26. The Hall–Kier alpha value is -2.95. The monoisotopic (exact) mass is 419 g/mol. The Morgan fingerprint density at radius 2 is 1.81 bits per heavy atom. The van der Waals surface area contributed by atoms with Gasteiger partial charge in [-0.2, -0.15) is 0 Å². The van der Waals surface area contributed by atoms with Gasteiger partial charge >= 0.3 is 0 Å². The van der Waals surface area contributed by atoms with Crippen LogP contribution in [0.15, 0.2) is 47.3 Å². The second kappa shape index (κ2) is 9.46. The topological polar surface area (TPSA) is 55.2 Å². The molecular formula is C26H33N3O2. The second-order valence-electron chi connectivity index (χ2n) is 8.72. The van der Waals surface area contributed by atoms with E-state index in [-0.39, 0.29) is 17.5 Å². The Bertz CT molecular complexity index is 1150. The van der Waals surface area contributed by atoms with Gasteiger partial charge in [0, 0.05) is 13.0 Å². The number of carbonyl (C=O) groups excluding carboxylic acids is 1. The SMILES string of the molecule is CCC(=O)N(CCC(C)C)C(C)c1nc2ccccc2c(=O)n1-c1cc(C)ccc1C. The maximum absolute atomic E-state index is 13.7. The zero-order chi connectivity index (χ0) is 22.7. The van der Waals surface area contributed by atoms with Crippen molar-refractivity contribution in [1.82, 2.24) is 14.5 Å². The van der Waals surface area contributed by atoms with Gasteiger partial charge in [-0.15, -0.1) is 0 Å². The molecule has 0 bridgehead atoms. The average Bonchev–Trinajstić information content (AvgIpc) is 2.75.